The lowest BCUT2D eigenvalue weighted by atomic mass is 9.80. The zero-order chi connectivity index (χ0) is 14.7. The zero-order valence-electron chi connectivity index (χ0n) is 11.9. The Morgan fingerprint density at radius 2 is 1.75 bits per heavy atom. The topological polar surface area (TPSA) is 93.2 Å². The Kier molecular flexibility index (Phi) is 4.44. The maximum atomic E-state index is 10.9. The van der Waals surface area contributed by atoms with E-state index in [1.165, 1.54) is 12.5 Å². The van der Waals surface area contributed by atoms with Gasteiger partial charge in [-0.2, -0.15) is 0 Å². The highest BCUT2D eigenvalue weighted by Gasteiger charge is 2.24. The molecule has 1 aliphatic carbocycles. The highest BCUT2D eigenvalue weighted by atomic mass is 16.6. The molecule has 0 heterocycles. The van der Waals surface area contributed by atoms with E-state index >= 15 is 0 Å². The van der Waals surface area contributed by atoms with E-state index < -0.39 is 4.92 Å². The first-order chi connectivity index (χ1) is 9.47. The van der Waals surface area contributed by atoms with Crippen LogP contribution in [0.4, 0.5) is 17.1 Å². The van der Waals surface area contributed by atoms with Crippen molar-refractivity contribution in [2.75, 3.05) is 10.7 Å². The minimum Gasteiger partial charge on any atom is -0.382 e. The van der Waals surface area contributed by atoms with Crippen molar-refractivity contribution in [2.24, 2.45) is 17.7 Å². The number of non-ortho nitro benzene ring substituents is 1. The van der Waals surface area contributed by atoms with Gasteiger partial charge in [-0.25, -0.2) is 0 Å². The van der Waals surface area contributed by atoms with E-state index in [1.54, 1.807) is 12.1 Å². The van der Waals surface area contributed by atoms with Gasteiger partial charge in [0.2, 0.25) is 0 Å². The van der Waals surface area contributed by atoms with Crippen LogP contribution in [0, 0.1) is 22.0 Å². The number of nitro benzene ring substituents is 1. The molecule has 0 aliphatic heterocycles. The van der Waals surface area contributed by atoms with Crippen LogP contribution in [0.5, 0.6) is 0 Å². The van der Waals surface area contributed by atoms with Crippen LogP contribution in [-0.2, 0) is 0 Å². The summed E-state index contributed by atoms with van der Waals surface area (Å²) in [6.45, 7) is 4.51. The fraction of sp³-hybridized carbons (Fsp3) is 0.571. The molecule has 0 aromatic heterocycles. The second-order valence-corrected chi connectivity index (χ2v) is 5.93. The van der Waals surface area contributed by atoms with Crippen molar-refractivity contribution in [3.05, 3.63) is 28.3 Å². The first-order valence-corrected chi connectivity index (χ1v) is 7.00. The molecule has 1 aromatic carbocycles. The van der Waals surface area contributed by atoms with Crippen LogP contribution in [0.25, 0.3) is 0 Å². The molecule has 20 heavy (non-hydrogen) atoms. The number of hydrogen-bond donors (Lipinski definition) is 3. The number of hydrazine groups is 1. The van der Waals surface area contributed by atoms with Crippen LogP contribution in [0.15, 0.2) is 18.2 Å². The molecule has 0 saturated heterocycles. The molecule has 1 saturated carbocycles. The van der Waals surface area contributed by atoms with E-state index in [1.807, 2.05) is 0 Å². The SMILES string of the molecule is CC1CC(C)CC(Nc2cc(NN)cc([N+](=O)[O-])c2)C1. The summed E-state index contributed by atoms with van der Waals surface area (Å²) in [4.78, 5) is 10.5. The average Bonchev–Trinajstić information content (AvgIpc) is 2.36. The van der Waals surface area contributed by atoms with Crippen LogP contribution in [0.1, 0.15) is 33.1 Å². The summed E-state index contributed by atoms with van der Waals surface area (Å²) in [6.07, 6.45) is 3.44. The number of nitrogen functional groups attached to an aromatic ring is 1. The molecule has 6 heteroatoms. The molecule has 0 spiro atoms. The second kappa shape index (κ2) is 6.09. The molecule has 2 rings (SSSR count). The number of anilines is 2. The van der Waals surface area contributed by atoms with Crippen LogP contribution < -0.4 is 16.6 Å². The van der Waals surface area contributed by atoms with Crippen molar-refractivity contribution < 1.29 is 4.92 Å². The fourth-order valence-electron chi connectivity index (χ4n) is 3.18. The van der Waals surface area contributed by atoms with Gasteiger partial charge in [0.25, 0.3) is 5.69 Å². The number of nitrogens with two attached hydrogens (primary N) is 1. The van der Waals surface area contributed by atoms with Gasteiger partial charge < -0.3 is 10.7 Å². The molecule has 2 atom stereocenters. The molecule has 1 aromatic rings. The number of nitro groups is 1. The van der Waals surface area contributed by atoms with Crippen LogP contribution in [0.2, 0.25) is 0 Å². The highest BCUT2D eigenvalue weighted by Crippen LogP contribution is 2.32. The summed E-state index contributed by atoms with van der Waals surface area (Å²) >= 11 is 0. The predicted octanol–water partition coefficient (Wildman–Crippen LogP) is 3.12. The number of benzene rings is 1. The van der Waals surface area contributed by atoms with Crippen molar-refractivity contribution in [3.8, 4) is 0 Å². The van der Waals surface area contributed by atoms with Gasteiger partial charge in [-0.15, -0.1) is 0 Å². The number of nitrogens with one attached hydrogen (secondary N) is 2. The lowest BCUT2D eigenvalue weighted by Crippen LogP contribution is -2.30. The molecule has 110 valence electrons. The lowest BCUT2D eigenvalue weighted by molar-refractivity contribution is -0.384. The Balaban J connectivity index is 2.15. The summed E-state index contributed by atoms with van der Waals surface area (Å²) in [5.41, 5.74) is 3.80. The van der Waals surface area contributed by atoms with Gasteiger partial charge in [0.1, 0.15) is 0 Å². The summed E-state index contributed by atoms with van der Waals surface area (Å²) in [5.74, 6) is 6.73. The van der Waals surface area contributed by atoms with Gasteiger partial charge in [-0.05, 0) is 37.2 Å². The first kappa shape index (κ1) is 14.6. The number of rotatable bonds is 4. The monoisotopic (exact) mass is 278 g/mol. The van der Waals surface area contributed by atoms with Crippen molar-refractivity contribution in [3.63, 3.8) is 0 Å². The molecule has 4 N–H and O–H groups in total. The third-order valence-corrected chi connectivity index (χ3v) is 3.84. The Hall–Kier alpha value is -1.82. The first-order valence-electron chi connectivity index (χ1n) is 7.00. The Morgan fingerprint density at radius 3 is 2.30 bits per heavy atom. The van der Waals surface area contributed by atoms with E-state index in [0.29, 0.717) is 23.6 Å². The Bertz CT molecular complexity index is 482. The van der Waals surface area contributed by atoms with Crippen LogP contribution >= 0.6 is 0 Å². The summed E-state index contributed by atoms with van der Waals surface area (Å²) in [5, 5.41) is 14.3. The van der Waals surface area contributed by atoms with E-state index in [4.69, 9.17) is 5.84 Å². The Morgan fingerprint density at radius 1 is 1.15 bits per heavy atom. The minimum absolute atomic E-state index is 0.0415. The smallest absolute Gasteiger partial charge is 0.273 e. The van der Waals surface area contributed by atoms with Crippen molar-refractivity contribution in [1.82, 2.24) is 0 Å². The normalized spacial score (nSPS) is 26.1. The van der Waals surface area contributed by atoms with Crippen LogP contribution in [0.3, 0.4) is 0 Å². The second-order valence-electron chi connectivity index (χ2n) is 5.93. The van der Waals surface area contributed by atoms with Crippen molar-refractivity contribution in [2.45, 2.75) is 39.2 Å². The van der Waals surface area contributed by atoms with Crippen molar-refractivity contribution in [1.29, 1.82) is 0 Å². The minimum atomic E-state index is -0.405. The van der Waals surface area contributed by atoms with Gasteiger partial charge in [0.05, 0.1) is 10.6 Å². The molecule has 2 unspecified atom stereocenters. The highest BCUT2D eigenvalue weighted by molar-refractivity contribution is 5.63. The van der Waals surface area contributed by atoms with Gasteiger partial charge in [0.15, 0.2) is 0 Å². The number of nitrogens with zero attached hydrogens (tertiary/aromatic N) is 1. The standard InChI is InChI=1S/C14H22N4O2/c1-9-3-10(2)5-11(4-9)16-12-6-13(17-15)8-14(7-12)18(19)20/h6-11,16-17H,3-5,15H2,1-2H3. The molecular formula is C14H22N4O2. The van der Waals surface area contributed by atoms with Crippen molar-refractivity contribution >= 4 is 17.1 Å². The third kappa shape index (κ3) is 3.60. The molecular weight excluding hydrogens is 256 g/mol. The molecule has 0 amide bonds. The summed E-state index contributed by atoms with van der Waals surface area (Å²) < 4.78 is 0. The lowest BCUT2D eigenvalue weighted by Gasteiger charge is -2.32. The van der Waals surface area contributed by atoms with Gasteiger partial charge >= 0.3 is 0 Å². The molecule has 1 fully saturated rings. The zero-order valence-corrected chi connectivity index (χ0v) is 11.9. The Labute approximate surface area is 118 Å². The van der Waals surface area contributed by atoms with Gasteiger partial charge in [-0.3, -0.25) is 16.0 Å². The van der Waals surface area contributed by atoms with Gasteiger partial charge in [-0.1, -0.05) is 13.8 Å². The molecule has 0 radical (unpaired) electrons. The van der Waals surface area contributed by atoms with E-state index in [0.717, 1.165) is 18.5 Å². The fourth-order valence-corrected chi connectivity index (χ4v) is 3.18. The quantitative estimate of drug-likeness (QED) is 0.447. The van der Waals surface area contributed by atoms with E-state index in [9.17, 15) is 10.1 Å². The summed E-state index contributed by atoms with van der Waals surface area (Å²) in [6, 6.07) is 5.15. The maximum Gasteiger partial charge on any atom is 0.273 e. The molecule has 1 aliphatic rings. The third-order valence-electron chi connectivity index (χ3n) is 3.84. The van der Waals surface area contributed by atoms with Gasteiger partial charge in [0, 0.05) is 23.9 Å². The summed E-state index contributed by atoms with van der Waals surface area (Å²) in [7, 11) is 0. The number of hydrogen-bond acceptors (Lipinski definition) is 5. The van der Waals surface area contributed by atoms with E-state index in [2.05, 4.69) is 24.6 Å². The molecule has 0 bridgehead atoms. The predicted molar refractivity (Wildman–Crippen MR) is 80.5 cm³/mol. The maximum absolute atomic E-state index is 10.9. The van der Waals surface area contributed by atoms with E-state index in [-0.39, 0.29) is 5.69 Å². The average molecular weight is 278 g/mol. The van der Waals surface area contributed by atoms with Crippen LogP contribution in [-0.4, -0.2) is 11.0 Å². The largest absolute Gasteiger partial charge is 0.382 e. The molecule has 6 nitrogen and oxygen atoms in total.